The highest BCUT2D eigenvalue weighted by Gasteiger charge is 2.43. The standard InChI is InChI=1S/C8H15NO5S/c1-3(11)9-5-7(13)6(12)4(2-10)15-8(5)14/h4-8,10,12-14H,2H2,1H3,(H,9,11)/t4-,5-,6-,7+,8-/m0/s1. The van der Waals surface area contributed by atoms with E-state index in [1.807, 2.05) is 0 Å². The maximum atomic E-state index is 10.8. The zero-order valence-corrected chi connectivity index (χ0v) is 9.02. The fourth-order valence-electron chi connectivity index (χ4n) is 1.49. The topological polar surface area (TPSA) is 110 Å². The molecular weight excluding hydrogens is 222 g/mol. The van der Waals surface area contributed by atoms with Gasteiger partial charge in [0, 0.05) is 6.92 Å². The van der Waals surface area contributed by atoms with Crippen molar-refractivity contribution in [2.75, 3.05) is 6.61 Å². The minimum atomic E-state index is -1.28. The first-order valence-corrected chi connectivity index (χ1v) is 5.49. The average molecular weight is 237 g/mol. The molecule has 0 radical (unpaired) electrons. The van der Waals surface area contributed by atoms with Gasteiger partial charge in [0.2, 0.25) is 5.91 Å². The van der Waals surface area contributed by atoms with Crippen LogP contribution < -0.4 is 5.32 Å². The van der Waals surface area contributed by atoms with E-state index in [0.29, 0.717) is 0 Å². The van der Waals surface area contributed by atoms with Gasteiger partial charge in [0.25, 0.3) is 0 Å². The summed E-state index contributed by atoms with van der Waals surface area (Å²) >= 11 is 0.929. The quantitative estimate of drug-likeness (QED) is 0.367. The Morgan fingerprint density at radius 1 is 1.33 bits per heavy atom. The molecule has 88 valence electrons. The van der Waals surface area contributed by atoms with Crippen LogP contribution in [0.5, 0.6) is 0 Å². The number of aliphatic hydroxyl groups excluding tert-OH is 4. The summed E-state index contributed by atoms with van der Waals surface area (Å²) in [7, 11) is 0. The van der Waals surface area contributed by atoms with Crippen LogP contribution in [-0.4, -0.2) is 61.9 Å². The van der Waals surface area contributed by atoms with Gasteiger partial charge in [-0.3, -0.25) is 4.79 Å². The molecule has 1 aliphatic rings. The van der Waals surface area contributed by atoms with Crippen LogP contribution in [0.1, 0.15) is 6.92 Å². The fraction of sp³-hybridized carbons (Fsp3) is 0.875. The Morgan fingerprint density at radius 3 is 2.40 bits per heavy atom. The van der Waals surface area contributed by atoms with Gasteiger partial charge in [-0.1, -0.05) is 0 Å². The van der Waals surface area contributed by atoms with E-state index in [-0.39, 0.29) is 6.61 Å². The molecule has 0 spiro atoms. The fourth-order valence-corrected chi connectivity index (χ4v) is 2.65. The Labute approximate surface area is 91.3 Å². The van der Waals surface area contributed by atoms with Crippen molar-refractivity contribution in [1.82, 2.24) is 5.32 Å². The summed E-state index contributed by atoms with van der Waals surface area (Å²) in [5, 5.41) is 39.3. The van der Waals surface area contributed by atoms with E-state index in [2.05, 4.69) is 5.32 Å². The van der Waals surface area contributed by atoms with Crippen LogP contribution in [0.15, 0.2) is 0 Å². The van der Waals surface area contributed by atoms with Crippen LogP contribution in [0.4, 0.5) is 0 Å². The molecule has 0 aromatic rings. The van der Waals surface area contributed by atoms with Gasteiger partial charge in [0.05, 0.1) is 24.0 Å². The van der Waals surface area contributed by atoms with E-state index in [0.717, 1.165) is 11.8 Å². The molecule has 1 heterocycles. The summed E-state index contributed by atoms with van der Waals surface area (Å²) in [5.74, 6) is -0.395. The van der Waals surface area contributed by atoms with Crippen molar-refractivity contribution in [3.63, 3.8) is 0 Å². The molecule has 5 N–H and O–H groups in total. The summed E-state index contributed by atoms with van der Waals surface area (Å²) in [4.78, 5) is 10.8. The van der Waals surface area contributed by atoms with Gasteiger partial charge in [-0.25, -0.2) is 0 Å². The monoisotopic (exact) mass is 237 g/mol. The van der Waals surface area contributed by atoms with Gasteiger partial charge in [0.1, 0.15) is 11.5 Å². The number of carbonyl (C=O) groups excluding carboxylic acids is 1. The second kappa shape index (κ2) is 5.13. The predicted octanol–water partition coefficient (Wildman–Crippen LogP) is -2.36. The van der Waals surface area contributed by atoms with Crippen molar-refractivity contribution in [2.24, 2.45) is 0 Å². The molecule has 0 bridgehead atoms. The Kier molecular flexibility index (Phi) is 4.35. The second-order valence-corrected chi connectivity index (χ2v) is 4.82. The Hall–Kier alpha value is -0.340. The van der Waals surface area contributed by atoms with Gasteiger partial charge in [0.15, 0.2) is 0 Å². The molecule has 6 nitrogen and oxygen atoms in total. The van der Waals surface area contributed by atoms with E-state index >= 15 is 0 Å². The number of carbonyl (C=O) groups is 1. The van der Waals surface area contributed by atoms with E-state index in [9.17, 15) is 20.1 Å². The highest BCUT2D eigenvalue weighted by molar-refractivity contribution is 8.00. The molecule has 0 unspecified atom stereocenters. The number of nitrogens with one attached hydrogen (secondary N) is 1. The molecule has 1 fully saturated rings. The molecule has 1 amide bonds. The smallest absolute Gasteiger partial charge is 0.217 e. The normalized spacial score (nSPS) is 41.3. The lowest BCUT2D eigenvalue weighted by atomic mass is 10.0. The van der Waals surface area contributed by atoms with Crippen molar-refractivity contribution < 1.29 is 25.2 Å². The first kappa shape index (κ1) is 12.7. The molecular formula is C8H15NO5S. The highest BCUT2D eigenvalue weighted by atomic mass is 32.2. The van der Waals surface area contributed by atoms with Gasteiger partial charge in [-0.2, -0.15) is 0 Å². The summed E-state index contributed by atoms with van der Waals surface area (Å²) in [5.41, 5.74) is -1.04. The second-order valence-electron chi connectivity index (χ2n) is 3.46. The number of rotatable bonds is 2. The molecule has 5 atom stereocenters. The number of hydrogen-bond acceptors (Lipinski definition) is 6. The van der Waals surface area contributed by atoms with Crippen molar-refractivity contribution >= 4 is 17.7 Å². The Morgan fingerprint density at radius 2 is 1.93 bits per heavy atom. The predicted molar refractivity (Wildman–Crippen MR) is 54.1 cm³/mol. The molecule has 0 saturated carbocycles. The maximum absolute atomic E-state index is 10.8. The third-order valence-corrected chi connectivity index (χ3v) is 3.62. The summed E-state index contributed by atoms with van der Waals surface area (Å²) in [6, 6.07) is -0.912. The van der Waals surface area contributed by atoms with E-state index in [1.54, 1.807) is 0 Å². The largest absolute Gasteiger partial charge is 0.395 e. The summed E-state index contributed by atoms with van der Waals surface area (Å²) in [6.45, 7) is 0.918. The third kappa shape index (κ3) is 2.82. The lowest BCUT2D eigenvalue weighted by molar-refractivity contribution is -0.122. The Bertz CT molecular complexity index is 239. The van der Waals surface area contributed by atoms with Crippen LogP contribution in [0.2, 0.25) is 0 Å². The molecule has 1 saturated heterocycles. The lowest BCUT2D eigenvalue weighted by Gasteiger charge is -2.39. The molecule has 7 heteroatoms. The highest BCUT2D eigenvalue weighted by Crippen LogP contribution is 2.30. The minimum Gasteiger partial charge on any atom is -0.395 e. The molecule has 1 rings (SSSR count). The van der Waals surface area contributed by atoms with Crippen molar-refractivity contribution in [2.45, 2.75) is 35.9 Å². The maximum Gasteiger partial charge on any atom is 0.217 e. The van der Waals surface area contributed by atoms with Crippen LogP contribution >= 0.6 is 11.8 Å². The number of thioether (sulfide) groups is 1. The van der Waals surface area contributed by atoms with Crippen LogP contribution in [0.3, 0.4) is 0 Å². The molecule has 1 aliphatic heterocycles. The zero-order chi connectivity index (χ0) is 11.6. The molecule has 0 aromatic carbocycles. The van der Waals surface area contributed by atoms with Crippen LogP contribution in [0, 0.1) is 0 Å². The SMILES string of the molecule is CC(=O)N[C@H]1[C@@H](O)[C@@H](O)[C@H](CO)S[C@@H]1O. The number of hydrogen-bond donors (Lipinski definition) is 5. The molecule has 0 aromatic heterocycles. The van der Waals surface area contributed by atoms with Crippen molar-refractivity contribution in [3.05, 3.63) is 0 Å². The zero-order valence-electron chi connectivity index (χ0n) is 8.20. The number of amides is 1. The first-order valence-electron chi connectivity index (χ1n) is 4.55. The minimum absolute atomic E-state index is 0.341. The molecule has 15 heavy (non-hydrogen) atoms. The van der Waals surface area contributed by atoms with Crippen molar-refractivity contribution in [1.29, 1.82) is 0 Å². The van der Waals surface area contributed by atoms with Gasteiger partial charge in [-0.05, 0) is 0 Å². The summed E-state index contributed by atoms with van der Waals surface area (Å²) in [6.07, 6.45) is -2.44. The van der Waals surface area contributed by atoms with Crippen molar-refractivity contribution in [3.8, 4) is 0 Å². The van der Waals surface area contributed by atoms with Crippen LogP contribution in [-0.2, 0) is 4.79 Å². The third-order valence-electron chi connectivity index (χ3n) is 2.27. The van der Waals surface area contributed by atoms with E-state index < -0.39 is 34.8 Å². The van der Waals surface area contributed by atoms with Gasteiger partial charge < -0.3 is 25.7 Å². The lowest BCUT2D eigenvalue weighted by Crippen LogP contribution is -2.60. The number of aliphatic hydroxyl groups is 4. The molecule has 0 aliphatic carbocycles. The average Bonchev–Trinajstić information content (AvgIpc) is 2.18. The van der Waals surface area contributed by atoms with Crippen LogP contribution in [0.25, 0.3) is 0 Å². The Balaban J connectivity index is 2.70. The summed E-state index contributed by atoms with van der Waals surface area (Å²) < 4.78 is 0. The van der Waals surface area contributed by atoms with Gasteiger partial charge in [-0.15, -0.1) is 11.8 Å². The van der Waals surface area contributed by atoms with E-state index in [1.165, 1.54) is 6.92 Å². The van der Waals surface area contributed by atoms with E-state index in [4.69, 9.17) is 5.11 Å². The van der Waals surface area contributed by atoms with Gasteiger partial charge >= 0.3 is 0 Å². The first-order chi connectivity index (χ1) is 6.97.